The molecule has 3 aromatic carbocycles. The Morgan fingerprint density at radius 3 is 2.38 bits per heavy atom. The maximum absolute atomic E-state index is 13.3. The fourth-order valence-corrected chi connectivity index (χ4v) is 4.52. The number of pyridine rings is 1. The number of amides is 2. The molecule has 0 atom stereocenters. The lowest BCUT2D eigenvalue weighted by atomic mass is 9.98. The Hall–Kier alpha value is -4.46. The number of aromatic nitrogens is 1. The van der Waals surface area contributed by atoms with Crippen molar-refractivity contribution in [2.24, 2.45) is 0 Å². The van der Waals surface area contributed by atoms with Crippen LogP contribution in [0, 0.1) is 0 Å². The molecule has 4 aromatic rings. The molecule has 1 aliphatic rings. The highest BCUT2D eigenvalue weighted by Gasteiger charge is 2.30. The molecule has 0 bridgehead atoms. The Morgan fingerprint density at radius 1 is 0.892 bits per heavy atom. The van der Waals surface area contributed by atoms with Crippen LogP contribution in [-0.2, 0) is 23.8 Å². The van der Waals surface area contributed by atoms with Gasteiger partial charge in [-0.2, -0.15) is 13.2 Å². The molecule has 0 saturated heterocycles. The number of hydrogen-bond acceptors (Lipinski definition) is 3. The van der Waals surface area contributed by atoms with Crippen LogP contribution in [0.15, 0.2) is 91.1 Å². The number of fused-ring (bicyclic) bond motifs is 1. The fraction of sp³-hybridized carbons (Fsp3) is 0.138. The van der Waals surface area contributed by atoms with Gasteiger partial charge in [0.25, 0.3) is 5.91 Å². The maximum Gasteiger partial charge on any atom is 0.416 e. The molecule has 0 fully saturated rings. The minimum atomic E-state index is -4.43. The van der Waals surface area contributed by atoms with Crippen molar-refractivity contribution in [3.63, 3.8) is 0 Å². The summed E-state index contributed by atoms with van der Waals surface area (Å²) in [5.74, 6) is -0.462. The molecule has 186 valence electrons. The van der Waals surface area contributed by atoms with Gasteiger partial charge in [-0.25, -0.2) is 0 Å². The van der Waals surface area contributed by atoms with Gasteiger partial charge in [-0.05, 0) is 60.0 Å². The van der Waals surface area contributed by atoms with E-state index in [9.17, 15) is 22.8 Å². The second-order valence-electron chi connectivity index (χ2n) is 8.67. The van der Waals surface area contributed by atoms with Crippen molar-refractivity contribution < 1.29 is 22.8 Å². The zero-order valence-electron chi connectivity index (χ0n) is 19.6. The summed E-state index contributed by atoms with van der Waals surface area (Å²) in [6, 6.07) is 22.4. The number of nitrogens with zero attached hydrogens (tertiary/aromatic N) is 2. The molecule has 0 radical (unpaired) electrons. The largest absolute Gasteiger partial charge is 0.416 e. The number of carbonyl (C=O) groups excluding carboxylic acids is 2. The third kappa shape index (κ3) is 5.09. The van der Waals surface area contributed by atoms with Crippen LogP contribution in [-0.4, -0.2) is 23.3 Å². The van der Waals surface area contributed by atoms with Gasteiger partial charge in [0.1, 0.15) is 0 Å². The molecule has 37 heavy (non-hydrogen) atoms. The summed E-state index contributed by atoms with van der Waals surface area (Å²) in [6.07, 6.45) is -2.02. The van der Waals surface area contributed by atoms with E-state index in [0.717, 1.165) is 23.4 Å². The number of anilines is 2. The van der Waals surface area contributed by atoms with Crippen LogP contribution in [0.4, 0.5) is 24.5 Å². The molecule has 8 heteroatoms. The molecule has 1 aliphatic heterocycles. The lowest BCUT2D eigenvalue weighted by Crippen LogP contribution is -2.30. The number of alkyl halides is 3. The minimum absolute atomic E-state index is 0.0754. The lowest BCUT2D eigenvalue weighted by molar-refractivity contribution is -0.137. The third-order valence-corrected chi connectivity index (χ3v) is 6.33. The highest BCUT2D eigenvalue weighted by Crippen LogP contribution is 2.35. The quantitative estimate of drug-likeness (QED) is 0.357. The van der Waals surface area contributed by atoms with Gasteiger partial charge in [0.05, 0.1) is 12.0 Å². The average molecular weight is 502 g/mol. The van der Waals surface area contributed by atoms with Crippen molar-refractivity contribution in [1.29, 1.82) is 0 Å². The van der Waals surface area contributed by atoms with Crippen LogP contribution in [0.5, 0.6) is 0 Å². The topological polar surface area (TPSA) is 62.3 Å². The summed E-state index contributed by atoms with van der Waals surface area (Å²) in [7, 11) is 0. The smallest absolute Gasteiger partial charge is 0.322 e. The second kappa shape index (κ2) is 9.89. The first-order valence-corrected chi connectivity index (χ1v) is 11.7. The van der Waals surface area contributed by atoms with E-state index in [1.807, 2.05) is 12.1 Å². The molecule has 0 saturated carbocycles. The van der Waals surface area contributed by atoms with E-state index in [1.54, 1.807) is 59.6 Å². The van der Waals surface area contributed by atoms with Crippen molar-refractivity contribution in [1.82, 2.24) is 4.98 Å². The Labute approximate surface area is 211 Å². The predicted molar refractivity (Wildman–Crippen MR) is 135 cm³/mol. The number of carbonyl (C=O) groups is 2. The average Bonchev–Trinajstić information content (AvgIpc) is 3.34. The van der Waals surface area contributed by atoms with E-state index >= 15 is 0 Å². The Morgan fingerprint density at radius 2 is 1.65 bits per heavy atom. The molecule has 0 aliphatic carbocycles. The monoisotopic (exact) mass is 501 g/mol. The predicted octanol–water partition coefficient (Wildman–Crippen LogP) is 6.15. The normalized spacial score (nSPS) is 12.8. The van der Waals surface area contributed by atoms with E-state index in [4.69, 9.17) is 0 Å². The molecule has 2 amide bonds. The van der Waals surface area contributed by atoms with Gasteiger partial charge in [-0.3, -0.25) is 14.6 Å². The number of hydrogen-bond donors (Lipinski definition) is 1. The van der Waals surface area contributed by atoms with E-state index in [0.29, 0.717) is 41.0 Å². The van der Waals surface area contributed by atoms with Crippen molar-refractivity contribution in [3.05, 3.63) is 114 Å². The molecule has 5 nitrogen and oxygen atoms in total. The summed E-state index contributed by atoms with van der Waals surface area (Å²) in [4.78, 5) is 32.2. The van der Waals surface area contributed by atoms with Gasteiger partial charge < -0.3 is 10.2 Å². The Kier molecular flexibility index (Phi) is 6.48. The van der Waals surface area contributed by atoms with E-state index < -0.39 is 11.7 Å². The van der Waals surface area contributed by atoms with E-state index in [1.165, 1.54) is 12.1 Å². The molecule has 1 N–H and O–H groups in total. The lowest BCUT2D eigenvalue weighted by Gasteiger charge is -2.18. The molecule has 2 heterocycles. The number of halogens is 3. The van der Waals surface area contributed by atoms with Gasteiger partial charge in [-0.1, -0.05) is 42.5 Å². The van der Waals surface area contributed by atoms with E-state index in [-0.39, 0.29) is 18.2 Å². The fourth-order valence-electron chi connectivity index (χ4n) is 4.52. The molecule has 0 unspecified atom stereocenters. The first kappa shape index (κ1) is 24.2. The molecule has 1 aromatic heterocycles. The van der Waals surface area contributed by atoms with Crippen LogP contribution in [0.1, 0.15) is 27.2 Å². The molecular formula is C29H22F3N3O2. The first-order valence-electron chi connectivity index (χ1n) is 11.7. The Bertz CT molecular complexity index is 1450. The highest BCUT2D eigenvalue weighted by molar-refractivity contribution is 6.10. The van der Waals surface area contributed by atoms with Gasteiger partial charge in [0.15, 0.2) is 0 Å². The van der Waals surface area contributed by atoms with Crippen LogP contribution in [0.2, 0.25) is 0 Å². The number of rotatable bonds is 5. The molecule has 0 spiro atoms. The zero-order chi connectivity index (χ0) is 26.0. The van der Waals surface area contributed by atoms with Crippen LogP contribution in [0.3, 0.4) is 0 Å². The standard InChI is InChI=1S/C29H22F3N3O2/c30-29(31,32)20-13-11-19(12-14-20)22-7-1-2-8-23(22)28(37)34-25-9-5-10-26-24(25)15-17-35(26)27(36)18-21-6-3-4-16-33-21/h1-14,16H,15,17-18H2,(H,34,37). The van der Waals surface area contributed by atoms with Gasteiger partial charge >= 0.3 is 6.18 Å². The zero-order valence-corrected chi connectivity index (χ0v) is 19.6. The summed E-state index contributed by atoms with van der Waals surface area (Å²) in [5.41, 5.74) is 3.49. The van der Waals surface area contributed by atoms with Crippen LogP contribution >= 0.6 is 0 Å². The van der Waals surface area contributed by atoms with Crippen molar-refractivity contribution >= 4 is 23.2 Å². The van der Waals surface area contributed by atoms with Gasteiger partial charge in [0, 0.05) is 40.9 Å². The van der Waals surface area contributed by atoms with Gasteiger partial charge in [-0.15, -0.1) is 0 Å². The van der Waals surface area contributed by atoms with Crippen LogP contribution < -0.4 is 10.2 Å². The summed E-state index contributed by atoms with van der Waals surface area (Å²) in [5, 5.41) is 2.94. The number of nitrogens with one attached hydrogen (secondary N) is 1. The molecular weight excluding hydrogens is 479 g/mol. The maximum atomic E-state index is 13.3. The first-order chi connectivity index (χ1) is 17.8. The third-order valence-electron chi connectivity index (χ3n) is 6.33. The van der Waals surface area contributed by atoms with Crippen molar-refractivity contribution in [2.75, 3.05) is 16.8 Å². The minimum Gasteiger partial charge on any atom is -0.322 e. The summed E-state index contributed by atoms with van der Waals surface area (Å²) >= 11 is 0. The van der Waals surface area contributed by atoms with Crippen molar-refractivity contribution in [3.8, 4) is 11.1 Å². The SMILES string of the molecule is O=C(Nc1cccc2c1CCN2C(=O)Cc1ccccn1)c1ccccc1-c1ccc(C(F)(F)F)cc1. The Balaban J connectivity index is 1.38. The second-order valence-corrected chi connectivity index (χ2v) is 8.67. The van der Waals surface area contributed by atoms with Gasteiger partial charge in [0.2, 0.25) is 5.91 Å². The van der Waals surface area contributed by atoms with Crippen LogP contribution in [0.25, 0.3) is 11.1 Å². The summed E-state index contributed by atoms with van der Waals surface area (Å²) in [6.45, 7) is 0.496. The van der Waals surface area contributed by atoms with E-state index in [2.05, 4.69) is 10.3 Å². The highest BCUT2D eigenvalue weighted by atomic mass is 19.4. The number of benzene rings is 3. The van der Waals surface area contributed by atoms with Crippen molar-refractivity contribution in [2.45, 2.75) is 19.0 Å². The summed E-state index contributed by atoms with van der Waals surface area (Å²) < 4.78 is 38.9. The molecule has 5 rings (SSSR count).